The minimum atomic E-state index is -3.86. The van der Waals surface area contributed by atoms with E-state index in [0.29, 0.717) is 0 Å². The van der Waals surface area contributed by atoms with Crippen LogP contribution < -0.4 is 15.4 Å². The molecule has 0 spiro atoms. The van der Waals surface area contributed by atoms with E-state index in [1.165, 1.54) is 54.3 Å². The third-order valence-electron chi connectivity index (χ3n) is 4.71. The number of carbonyl (C=O) groups is 3. The highest BCUT2D eigenvalue weighted by molar-refractivity contribution is 7.89. The molecule has 9 nitrogen and oxygen atoms in total. The summed E-state index contributed by atoms with van der Waals surface area (Å²) in [5, 5.41) is 7.50. The first-order chi connectivity index (χ1) is 14.6. The molecular formula is C20H20FN3O6S. The van der Waals surface area contributed by atoms with Crippen LogP contribution in [0.25, 0.3) is 0 Å². The van der Waals surface area contributed by atoms with Crippen molar-refractivity contribution in [1.82, 2.24) is 0 Å². The van der Waals surface area contributed by atoms with Crippen molar-refractivity contribution in [2.45, 2.75) is 24.3 Å². The predicted molar refractivity (Wildman–Crippen MR) is 109 cm³/mol. The maximum atomic E-state index is 14.0. The van der Waals surface area contributed by atoms with Crippen molar-refractivity contribution in [2.75, 3.05) is 16.8 Å². The summed E-state index contributed by atoms with van der Waals surface area (Å²) in [5.74, 6) is -3.23. The molecule has 3 N–H and O–H groups in total. The highest BCUT2D eigenvalue weighted by Gasteiger charge is 2.38. The molecule has 1 fully saturated rings. The average Bonchev–Trinajstić information content (AvgIpc) is 3.09. The molecule has 3 rings (SSSR count). The summed E-state index contributed by atoms with van der Waals surface area (Å²) in [5.41, 5.74) is 0.360. The lowest BCUT2D eigenvalue weighted by Gasteiger charge is -2.18. The SMILES string of the molecule is CC(OC(=O)C1CC(=O)N(c2ccccc2F)C1)C(=O)Nc1ccc(S(N)(=O)=O)cc1. The standard InChI is InChI=1S/C20H20FN3O6S/c1-12(19(26)23-14-6-8-15(9-7-14)31(22,28)29)30-20(27)13-10-18(25)24(11-13)17-5-3-2-4-16(17)21/h2-9,12-13H,10-11H2,1H3,(H,23,26)(H2,22,28,29). The topological polar surface area (TPSA) is 136 Å². The van der Waals surface area contributed by atoms with Crippen LogP contribution in [0, 0.1) is 11.7 Å². The Morgan fingerprint density at radius 2 is 1.84 bits per heavy atom. The number of para-hydroxylation sites is 1. The van der Waals surface area contributed by atoms with Crippen LogP contribution in [0.5, 0.6) is 0 Å². The molecular weight excluding hydrogens is 429 g/mol. The number of nitrogens with one attached hydrogen (secondary N) is 1. The zero-order valence-corrected chi connectivity index (χ0v) is 17.3. The Kier molecular flexibility index (Phi) is 6.37. The third kappa shape index (κ3) is 5.25. The number of hydrogen-bond donors (Lipinski definition) is 2. The van der Waals surface area contributed by atoms with E-state index in [1.807, 2.05) is 0 Å². The van der Waals surface area contributed by atoms with Gasteiger partial charge in [-0.1, -0.05) is 12.1 Å². The largest absolute Gasteiger partial charge is 0.452 e. The highest BCUT2D eigenvalue weighted by Crippen LogP contribution is 2.28. The Balaban J connectivity index is 1.58. The molecule has 0 aliphatic carbocycles. The van der Waals surface area contributed by atoms with Gasteiger partial charge in [0.1, 0.15) is 5.82 Å². The van der Waals surface area contributed by atoms with E-state index in [-0.39, 0.29) is 29.2 Å². The van der Waals surface area contributed by atoms with Crippen molar-refractivity contribution < 1.29 is 31.9 Å². The van der Waals surface area contributed by atoms with Crippen LogP contribution in [0.1, 0.15) is 13.3 Å². The molecule has 1 saturated heterocycles. The molecule has 0 saturated carbocycles. The number of hydrogen-bond acceptors (Lipinski definition) is 6. The monoisotopic (exact) mass is 449 g/mol. The first kappa shape index (κ1) is 22.4. The van der Waals surface area contributed by atoms with Gasteiger partial charge in [0.25, 0.3) is 5.91 Å². The lowest BCUT2D eigenvalue weighted by Crippen LogP contribution is -2.33. The number of primary sulfonamides is 1. The van der Waals surface area contributed by atoms with Gasteiger partial charge in [0.2, 0.25) is 15.9 Å². The van der Waals surface area contributed by atoms with Crippen LogP contribution in [0.2, 0.25) is 0 Å². The van der Waals surface area contributed by atoms with Gasteiger partial charge in [-0.15, -0.1) is 0 Å². The number of carbonyl (C=O) groups excluding carboxylic acids is 3. The summed E-state index contributed by atoms with van der Waals surface area (Å²) in [7, 11) is -3.86. The van der Waals surface area contributed by atoms with Crippen LogP contribution in [0.4, 0.5) is 15.8 Å². The number of nitrogens with zero attached hydrogens (tertiary/aromatic N) is 1. The number of amides is 2. The minimum absolute atomic E-state index is 0.0536. The zero-order chi connectivity index (χ0) is 22.8. The Morgan fingerprint density at radius 1 is 1.19 bits per heavy atom. The van der Waals surface area contributed by atoms with Crippen LogP contribution in [-0.2, 0) is 29.1 Å². The van der Waals surface area contributed by atoms with E-state index in [9.17, 15) is 27.2 Å². The van der Waals surface area contributed by atoms with Gasteiger partial charge in [-0.2, -0.15) is 0 Å². The van der Waals surface area contributed by atoms with E-state index in [2.05, 4.69) is 5.32 Å². The maximum Gasteiger partial charge on any atom is 0.312 e. The van der Waals surface area contributed by atoms with Crippen LogP contribution >= 0.6 is 0 Å². The molecule has 2 aromatic carbocycles. The first-order valence-corrected chi connectivity index (χ1v) is 10.8. The molecule has 2 aromatic rings. The summed E-state index contributed by atoms with van der Waals surface area (Å²) in [6, 6.07) is 10.9. The fraction of sp³-hybridized carbons (Fsp3) is 0.250. The first-order valence-electron chi connectivity index (χ1n) is 9.25. The van der Waals surface area contributed by atoms with Crippen LogP contribution in [0.15, 0.2) is 53.4 Å². The van der Waals surface area contributed by atoms with Crippen LogP contribution in [-0.4, -0.2) is 38.9 Å². The van der Waals surface area contributed by atoms with Crippen molar-refractivity contribution >= 4 is 39.2 Å². The maximum absolute atomic E-state index is 14.0. The van der Waals surface area contributed by atoms with Gasteiger partial charge in [0.15, 0.2) is 6.10 Å². The normalized spacial score (nSPS) is 17.3. The third-order valence-corrected chi connectivity index (χ3v) is 5.64. The number of ether oxygens (including phenoxy) is 1. The Hall–Kier alpha value is -3.31. The van der Waals surface area contributed by atoms with E-state index in [0.717, 1.165) is 0 Å². The predicted octanol–water partition coefficient (Wildman–Crippen LogP) is 1.40. The molecule has 1 aliphatic rings. The summed E-state index contributed by atoms with van der Waals surface area (Å²) in [6.45, 7) is 1.30. The van der Waals surface area contributed by atoms with E-state index in [1.54, 1.807) is 6.07 Å². The van der Waals surface area contributed by atoms with Crippen molar-refractivity contribution in [3.8, 4) is 0 Å². The summed E-state index contributed by atoms with van der Waals surface area (Å²) >= 11 is 0. The highest BCUT2D eigenvalue weighted by atomic mass is 32.2. The lowest BCUT2D eigenvalue weighted by molar-refractivity contribution is -0.157. The second kappa shape index (κ2) is 8.82. The van der Waals surface area contributed by atoms with Gasteiger partial charge in [-0.3, -0.25) is 14.4 Å². The Morgan fingerprint density at radius 3 is 2.45 bits per heavy atom. The van der Waals surface area contributed by atoms with Crippen LogP contribution in [0.3, 0.4) is 0 Å². The van der Waals surface area contributed by atoms with Crippen molar-refractivity contribution in [3.63, 3.8) is 0 Å². The molecule has 0 bridgehead atoms. The second-order valence-electron chi connectivity index (χ2n) is 6.99. The van der Waals surface area contributed by atoms with Crippen molar-refractivity contribution in [3.05, 3.63) is 54.3 Å². The number of sulfonamides is 1. The second-order valence-corrected chi connectivity index (χ2v) is 8.56. The molecule has 2 unspecified atom stereocenters. The quantitative estimate of drug-likeness (QED) is 0.640. The van der Waals surface area contributed by atoms with E-state index in [4.69, 9.17) is 9.88 Å². The Bertz CT molecular complexity index is 1120. The number of benzene rings is 2. The molecule has 2 amide bonds. The fourth-order valence-electron chi connectivity index (χ4n) is 3.06. The number of halogens is 1. The molecule has 11 heteroatoms. The number of esters is 1. The summed E-state index contributed by atoms with van der Waals surface area (Å²) in [4.78, 5) is 38.0. The molecule has 1 heterocycles. The van der Waals surface area contributed by atoms with Gasteiger partial charge in [-0.05, 0) is 43.3 Å². The average molecular weight is 449 g/mol. The molecule has 2 atom stereocenters. The van der Waals surface area contributed by atoms with Crippen molar-refractivity contribution in [1.29, 1.82) is 0 Å². The van der Waals surface area contributed by atoms with E-state index >= 15 is 0 Å². The molecule has 0 radical (unpaired) electrons. The number of anilines is 2. The van der Waals surface area contributed by atoms with Gasteiger partial charge in [-0.25, -0.2) is 17.9 Å². The smallest absolute Gasteiger partial charge is 0.312 e. The fourth-order valence-corrected chi connectivity index (χ4v) is 3.58. The van der Waals surface area contributed by atoms with Gasteiger partial charge < -0.3 is 15.0 Å². The molecule has 1 aliphatic heterocycles. The van der Waals surface area contributed by atoms with E-state index < -0.39 is 45.6 Å². The van der Waals surface area contributed by atoms with Gasteiger partial charge in [0, 0.05) is 18.7 Å². The summed E-state index contributed by atoms with van der Waals surface area (Å²) < 4.78 is 41.6. The Labute approximate surface area is 178 Å². The minimum Gasteiger partial charge on any atom is -0.452 e. The number of rotatable bonds is 6. The molecule has 164 valence electrons. The van der Waals surface area contributed by atoms with Gasteiger partial charge in [0.05, 0.1) is 16.5 Å². The lowest BCUT2D eigenvalue weighted by atomic mass is 10.1. The summed E-state index contributed by atoms with van der Waals surface area (Å²) in [6.07, 6.45) is -1.33. The zero-order valence-electron chi connectivity index (χ0n) is 16.4. The van der Waals surface area contributed by atoms with Crippen molar-refractivity contribution in [2.24, 2.45) is 11.1 Å². The molecule has 31 heavy (non-hydrogen) atoms. The number of nitrogens with two attached hydrogens (primary N) is 1. The van der Waals surface area contributed by atoms with Gasteiger partial charge >= 0.3 is 5.97 Å². The molecule has 0 aromatic heterocycles.